The van der Waals surface area contributed by atoms with E-state index in [2.05, 4.69) is 37.4 Å². The maximum atomic E-state index is 5.72. The van der Waals surface area contributed by atoms with Gasteiger partial charge in [-0.2, -0.15) is 0 Å². The highest BCUT2D eigenvalue weighted by atomic mass is 16.5. The summed E-state index contributed by atoms with van der Waals surface area (Å²) in [7, 11) is 0. The molecule has 1 aromatic carbocycles. The summed E-state index contributed by atoms with van der Waals surface area (Å²) in [5.41, 5.74) is 2.84. The fraction of sp³-hybridized carbons (Fsp3) is 0.667. The monoisotopic (exact) mass is 275 g/mol. The number of aryl methyl sites for hydroxylation is 1. The Morgan fingerprint density at radius 2 is 2.10 bits per heavy atom. The molecular weight excluding hydrogens is 246 g/mol. The summed E-state index contributed by atoms with van der Waals surface area (Å²) in [5, 5.41) is 3.71. The molecule has 0 radical (unpaired) electrons. The van der Waals surface area contributed by atoms with Gasteiger partial charge in [0.2, 0.25) is 0 Å². The smallest absolute Gasteiger partial charge is 0.122 e. The predicted octanol–water partition coefficient (Wildman–Crippen LogP) is 4.63. The van der Waals surface area contributed by atoms with Crippen LogP contribution in [-0.4, -0.2) is 13.2 Å². The van der Waals surface area contributed by atoms with Gasteiger partial charge in [0.05, 0.1) is 6.61 Å². The first-order valence-corrected chi connectivity index (χ1v) is 8.34. The van der Waals surface area contributed by atoms with Crippen molar-refractivity contribution in [2.75, 3.05) is 13.2 Å². The molecule has 1 aliphatic heterocycles. The van der Waals surface area contributed by atoms with Crippen molar-refractivity contribution in [2.45, 2.75) is 64.8 Å². The molecule has 1 unspecified atom stereocenters. The molecule has 2 nitrogen and oxygen atoms in total. The molecule has 0 aliphatic carbocycles. The molecular formula is C18H29NO. The average Bonchev–Trinajstić information content (AvgIpc) is 2.50. The molecule has 2 rings (SSSR count). The van der Waals surface area contributed by atoms with E-state index in [-0.39, 0.29) is 0 Å². The maximum Gasteiger partial charge on any atom is 0.122 e. The fourth-order valence-electron chi connectivity index (χ4n) is 2.90. The molecule has 0 aromatic heterocycles. The lowest BCUT2D eigenvalue weighted by Gasteiger charge is -2.23. The highest BCUT2D eigenvalue weighted by Crippen LogP contribution is 2.29. The van der Waals surface area contributed by atoms with Crippen molar-refractivity contribution in [1.29, 1.82) is 0 Å². The van der Waals surface area contributed by atoms with Gasteiger partial charge in [0, 0.05) is 6.04 Å². The van der Waals surface area contributed by atoms with Crippen molar-refractivity contribution >= 4 is 0 Å². The Labute approximate surface area is 123 Å². The van der Waals surface area contributed by atoms with Crippen LogP contribution in [0.1, 0.15) is 69.5 Å². The first-order chi connectivity index (χ1) is 9.85. The Morgan fingerprint density at radius 3 is 2.90 bits per heavy atom. The van der Waals surface area contributed by atoms with Crippen molar-refractivity contribution < 1.29 is 4.74 Å². The van der Waals surface area contributed by atoms with Crippen LogP contribution in [0.3, 0.4) is 0 Å². The number of ether oxygens (including phenoxy) is 1. The van der Waals surface area contributed by atoms with E-state index in [0.717, 1.165) is 25.3 Å². The lowest BCUT2D eigenvalue weighted by atomic mass is 9.96. The summed E-state index contributed by atoms with van der Waals surface area (Å²) in [6.45, 7) is 6.48. The van der Waals surface area contributed by atoms with Crippen LogP contribution >= 0.6 is 0 Å². The molecule has 1 atom stereocenters. The van der Waals surface area contributed by atoms with Crippen LogP contribution in [0, 0.1) is 0 Å². The van der Waals surface area contributed by atoms with Crippen LogP contribution in [0.5, 0.6) is 5.75 Å². The Kier molecular flexibility index (Phi) is 6.38. The van der Waals surface area contributed by atoms with Gasteiger partial charge in [-0.15, -0.1) is 0 Å². The minimum atomic E-state index is 0.508. The summed E-state index contributed by atoms with van der Waals surface area (Å²) in [4.78, 5) is 0. The summed E-state index contributed by atoms with van der Waals surface area (Å²) in [6.07, 6.45) is 8.69. The van der Waals surface area contributed by atoms with Gasteiger partial charge in [-0.05, 0) is 49.4 Å². The molecule has 1 aromatic rings. The minimum Gasteiger partial charge on any atom is -0.493 e. The van der Waals surface area contributed by atoms with Crippen molar-refractivity contribution in [1.82, 2.24) is 5.32 Å². The number of hydrogen-bond acceptors (Lipinski definition) is 2. The normalized spacial score (nSPS) is 15.5. The maximum absolute atomic E-state index is 5.72. The van der Waals surface area contributed by atoms with Crippen LogP contribution in [0.15, 0.2) is 18.2 Å². The van der Waals surface area contributed by atoms with Crippen LogP contribution in [-0.2, 0) is 6.42 Å². The quantitative estimate of drug-likeness (QED) is 0.698. The second kappa shape index (κ2) is 8.31. The van der Waals surface area contributed by atoms with E-state index in [1.165, 1.54) is 49.7 Å². The van der Waals surface area contributed by atoms with Gasteiger partial charge in [-0.1, -0.05) is 45.2 Å². The third-order valence-corrected chi connectivity index (χ3v) is 4.07. The first-order valence-electron chi connectivity index (χ1n) is 8.34. The van der Waals surface area contributed by atoms with Crippen LogP contribution < -0.4 is 10.1 Å². The van der Waals surface area contributed by atoms with Gasteiger partial charge in [0.15, 0.2) is 0 Å². The number of nitrogens with one attached hydrogen (secondary N) is 1. The summed E-state index contributed by atoms with van der Waals surface area (Å²) < 4.78 is 5.72. The fourth-order valence-corrected chi connectivity index (χ4v) is 2.90. The van der Waals surface area contributed by atoms with E-state index < -0.39 is 0 Å². The second-order valence-electron chi connectivity index (χ2n) is 5.82. The lowest BCUT2D eigenvalue weighted by molar-refractivity contribution is 0.288. The number of benzene rings is 1. The summed E-state index contributed by atoms with van der Waals surface area (Å²) in [6, 6.07) is 7.30. The van der Waals surface area contributed by atoms with Crippen molar-refractivity contribution in [3.63, 3.8) is 0 Å². The van der Waals surface area contributed by atoms with E-state index in [4.69, 9.17) is 4.74 Å². The molecule has 1 aliphatic rings. The molecule has 1 N–H and O–H groups in total. The largest absolute Gasteiger partial charge is 0.493 e. The van der Waals surface area contributed by atoms with Gasteiger partial charge in [0.25, 0.3) is 0 Å². The molecule has 0 saturated carbocycles. The standard InChI is InChI=1S/C18H29NO/c1-3-5-6-9-17(19-12-4-2)15-10-11-18-16(14-15)8-7-13-20-18/h10-11,14,17,19H,3-9,12-13H2,1-2H3. The second-order valence-corrected chi connectivity index (χ2v) is 5.82. The molecule has 2 heteroatoms. The number of fused-ring (bicyclic) bond motifs is 1. The summed E-state index contributed by atoms with van der Waals surface area (Å²) >= 11 is 0. The van der Waals surface area contributed by atoms with Gasteiger partial charge in [0.1, 0.15) is 5.75 Å². The highest BCUT2D eigenvalue weighted by Gasteiger charge is 2.15. The zero-order valence-electron chi connectivity index (χ0n) is 13.1. The molecule has 0 amide bonds. The molecule has 0 spiro atoms. The molecule has 112 valence electrons. The average molecular weight is 275 g/mol. The van der Waals surface area contributed by atoms with Gasteiger partial charge in [-0.25, -0.2) is 0 Å². The Hall–Kier alpha value is -1.02. The molecule has 20 heavy (non-hydrogen) atoms. The van der Waals surface area contributed by atoms with Gasteiger partial charge in [-0.3, -0.25) is 0 Å². The Morgan fingerprint density at radius 1 is 1.20 bits per heavy atom. The molecule has 0 saturated heterocycles. The van der Waals surface area contributed by atoms with E-state index in [0.29, 0.717) is 6.04 Å². The molecule has 0 fully saturated rings. The van der Waals surface area contributed by atoms with E-state index in [1.807, 2.05) is 0 Å². The number of rotatable bonds is 8. The minimum absolute atomic E-state index is 0.508. The van der Waals surface area contributed by atoms with Crippen molar-refractivity contribution in [2.24, 2.45) is 0 Å². The Balaban J connectivity index is 2.06. The van der Waals surface area contributed by atoms with E-state index >= 15 is 0 Å². The zero-order chi connectivity index (χ0) is 14.2. The topological polar surface area (TPSA) is 21.3 Å². The third-order valence-electron chi connectivity index (χ3n) is 4.07. The molecule has 1 heterocycles. The Bertz CT molecular complexity index is 402. The van der Waals surface area contributed by atoms with Gasteiger partial charge >= 0.3 is 0 Å². The number of hydrogen-bond donors (Lipinski definition) is 1. The third kappa shape index (κ3) is 4.24. The van der Waals surface area contributed by atoms with Crippen molar-refractivity contribution in [3.05, 3.63) is 29.3 Å². The summed E-state index contributed by atoms with van der Waals surface area (Å²) in [5.74, 6) is 1.10. The highest BCUT2D eigenvalue weighted by molar-refractivity contribution is 5.39. The van der Waals surface area contributed by atoms with Crippen LogP contribution in [0.4, 0.5) is 0 Å². The van der Waals surface area contributed by atoms with E-state index in [9.17, 15) is 0 Å². The zero-order valence-corrected chi connectivity index (χ0v) is 13.1. The number of unbranched alkanes of at least 4 members (excludes halogenated alkanes) is 2. The first kappa shape index (κ1) is 15.4. The van der Waals surface area contributed by atoms with E-state index in [1.54, 1.807) is 0 Å². The lowest BCUT2D eigenvalue weighted by Crippen LogP contribution is -2.22. The predicted molar refractivity (Wildman–Crippen MR) is 85.4 cm³/mol. The van der Waals surface area contributed by atoms with Crippen LogP contribution in [0.25, 0.3) is 0 Å². The van der Waals surface area contributed by atoms with Crippen LogP contribution in [0.2, 0.25) is 0 Å². The SMILES string of the molecule is CCCCCC(NCCC)c1ccc2c(c1)CCCO2. The molecule has 0 bridgehead atoms. The van der Waals surface area contributed by atoms with Gasteiger partial charge < -0.3 is 10.1 Å². The van der Waals surface area contributed by atoms with Crippen molar-refractivity contribution in [3.8, 4) is 5.75 Å².